The lowest BCUT2D eigenvalue weighted by Crippen LogP contribution is -2.19. The Morgan fingerprint density at radius 3 is 2.58 bits per heavy atom. The second-order valence-corrected chi connectivity index (χ2v) is 4.00. The fourth-order valence-electron chi connectivity index (χ4n) is 1.38. The van der Waals surface area contributed by atoms with Crippen LogP contribution in [0.4, 0.5) is 17.8 Å². The van der Waals surface area contributed by atoms with Crippen molar-refractivity contribution in [3.8, 4) is 0 Å². The van der Waals surface area contributed by atoms with Crippen molar-refractivity contribution in [2.45, 2.75) is 6.54 Å². The van der Waals surface area contributed by atoms with E-state index in [-0.39, 0.29) is 0 Å². The van der Waals surface area contributed by atoms with Crippen LogP contribution in [0, 0.1) is 0 Å². The van der Waals surface area contributed by atoms with E-state index in [0.717, 1.165) is 5.69 Å². The minimum absolute atomic E-state index is 0.308. The fraction of sp³-hybridized carbons (Fsp3) is 0.273. The predicted molar refractivity (Wildman–Crippen MR) is 73.5 cm³/mol. The topological polar surface area (TPSA) is 105 Å². The normalized spacial score (nSPS) is 10.1. The van der Waals surface area contributed by atoms with E-state index < -0.39 is 0 Å². The molecule has 0 bridgehead atoms. The molecule has 0 saturated carbocycles. The molecular formula is C11H16N8. The molecule has 0 aromatic carbocycles. The van der Waals surface area contributed by atoms with Gasteiger partial charge in [-0.2, -0.15) is 15.0 Å². The number of aromatic nitrogens is 4. The molecular weight excluding hydrogens is 244 g/mol. The van der Waals surface area contributed by atoms with E-state index in [1.165, 1.54) is 0 Å². The summed E-state index contributed by atoms with van der Waals surface area (Å²) in [5, 5.41) is 3.08. The Balaban J connectivity index is 2.13. The fourth-order valence-corrected chi connectivity index (χ4v) is 1.38. The number of anilines is 3. The second kappa shape index (κ2) is 5.91. The monoisotopic (exact) mass is 260 g/mol. The van der Waals surface area contributed by atoms with Crippen molar-refractivity contribution in [2.24, 2.45) is 5.84 Å². The van der Waals surface area contributed by atoms with E-state index in [2.05, 4.69) is 30.7 Å². The second-order valence-electron chi connectivity index (χ2n) is 4.00. The molecule has 0 spiro atoms. The van der Waals surface area contributed by atoms with Crippen LogP contribution in [0.2, 0.25) is 0 Å². The average Bonchev–Trinajstić information content (AvgIpc) is 2.45. The Bertz CT molecular complexity index is 527. The quantitative estimate of drug-likeness (QED) is 0.518. The van der Waals surface area contributed by atoms with Gasteiger partial charge in [0.25, 0.3) is 0 Å². The maximum absolute atomic E-state index is 5.33. The molecule has 0 fully saturated rings. The minimum atomic E-state index is 0.308. The summed E-state index contributed by atoms with van der Waals surface area (Å²) < 4.78 is 0. The minimum Gasteiger partial charge on any atom is -0.348 e. The maximum Gasteiger partial charge on any atom is 0.243 e. The van der Waals surface area contributed by atoms with Gasteiger partial charge in [0.2, 0.25) is 17.8 Å². The Morgan fingerprint density at radius 1 is 1.16 bits per heavy atom. The summed E-state index contributed by atoms with van der Waals surface area (Å²) in [4.78, 5) is 18.5. The molecule has 2 heterocycles. The van der Waals surface area contributed by atoms with Crippen LogP contribution in [0.15, 0.2) is 24.4 Å². The van der Waals surface area contributed by atoms with Gasteiger partial charge in [-0.3, -0.25) is 10.4 Å². The first-order chi connectivity index (χ1) is 9.19. The summed E-state index contributed by atoms with van der Waals surface area (Å²) in [6.45, 7) is 0.529. The maximum atomic E-state index is 5.33. The van der Waals surface area contributed by atoms with Crippen LogP contribution in [0.1, 0.15) is 5.69 Å². The molecule has 2 rings (SSSR count). The third kappa shape index (κ3) is 3.49. The van der Waals surface area contributed by atoms with E-state index in [1.807, 2.05) is 32.3 Å². The first-order valence-electron chi connectivity index (χ1n) is 5.73. The van der Waals surface area contributed by atoms with Gasteiger partial charge in [0.05, 0.1) is 12.2 Å². The number of nitrogens with one attached hydrogen (secondary N) is 2. The number of hydrogen-bond acceptors (Lipinski definition) is 8. The number of pyridine rings is 1. The third-order valence-corrected chi connectivity index (χ3v) is 2.31. The first kappa shape index (κ1) is 13.0. The van der Waals surface area contributed by atoms with Gasteiger partial charge in [-0.15, -0.1) is 0 Å². The van der Waals surface area contributed by atoms with Gasteiger partial charge >= 0.3 is 0 Å². The van der Waals surface area contributed by atoms with Crippen LogP contribution >= 0.6 is 0 Å². The predicted octanol–water partition coefficient (Wildman–Crippen LogP) is 0.230. The van der Waals surface area contributed by atoms with Crippen molar-refractivity contribution in [1.82, 2.24) is 19.9 Å². The van der Waals surface area contributed by atoms with Crippen LogP contribution in [0.25, 0.3) is 0 Å². The van der Waals surface area contributed by atoms with Crippen molar-refractivity contribution < 1.29 is 0 Å². The Morgan fingerprint density at radius 2 is 1.95 bits per heavy atom. The molecule has 2 aromatic heterocycles. The Kier molecular flexibility index (Phi) is 4.04. The molecule has 0 unspecified atom stereocenters. The Labute approximate surface area is 111 Å². The zero-order valence-electron chi connectivity index (χ0n) is 10.8. The highest BCUT2D eigenvalue weighted by Gasteiger charge is 2.07. The molecule has 2 aromatic rings. The molecule has 8 heteroatoms. The zero-order chi connectivity index (χ0) is 13.7. The molecule has 0 saturated heterocycles. The van der Waals surface area contributed by atoms with E-state index >= 15 is 0 Å². The number of hydrogen-bond donors (Lipinski definition) is 3. The molecule has 19 heavy (non-hydrogen) atoms. The number of nitrogens with two attached hydrogens (primary N) is 1. The van der Waals surface area contributed by atoms with Crippen LogP contribution in [0.5, 0.6) is 0 Å². The Hall–Kier alpha value is -2.48. The van der Waals surface area contributed by atoms with Gasteiger partial charge in [0, 0.05) is 20.3 Å². The van der Waals surface area contributed by atoms with Gasteiger partial charge in [-0.05, 0) is 12.1 Å². The highest BCUT2D eigenvalue weighted by Crippen LogP contribution is 2.11. The lowest BCUT2D eigenvalue weighted by atomic mass is 10.3. The number of hydrazine groups is 1. The molecule has 100 valence electrons. The van der Waals surface area contributed by atoms with E-state index in [4.69, 9.17) is 5.84 Å². The summed E-state index contributed by atoms with van der Waals surface area (Å²) in [5.41, 5.74) is 3.32. The summed E-state index contributed by atoms with van der Waals surface area (Å²) in [6.07, 6.45) is 1.74. The standard InChI is InChI=1S/C11H16N8/c1-19(2)11-16-9(15-10(17-11)18-12)14-7-8-5-3-4-6-13-8/h3-6H,7,12H2,1-2H3,(H2,14,15,16,17,18). The van der Waals surface area contributed by atoms with Gasteiger partial charge in [-0.25, -0.2) is 5.84 Å². The molecule has 0 radical (unpaired) electrons. The summed E-state index contributed by atoms with van der Waals surface area (Å²) in [5.74, 6) is 6.60. The largest absolute Gasteiger partial charge is 0.348 e. The SMILES string of the molecule is CN(C)c1nc(NN)nc(NCc2ccccn2)n1. The molecule has 0 aliphatic carbocycles. The van der Waals surface area contributed by atoms with Crippen molar-refractivity contribution >= 4 is 17.8 Å². The molecule has 4 N–H and O–H groups in total. The number of nitrogens with zero attached hydrogens (tertiary/aromatic N) is 5. The van der Waals surface area contributed by atoms with Crippen LogP contribution < -0.4 is 21.5 Å². The van der Waals surface area contributed by atoms with Crippen LogP contribution in [-0.2, 0) is 6.54 Å². The zero-order valence-corrected chi connectivity index (χ0v) is 10.8. The summed E-state index contributed by atoms with van der Waals surface area (Å²) in [6, 6.07) is 5.71. The van der Waals surface area contributed by atoms with Crippen molar-refractivity contribution in [2.75, 3.05) is 29.7 Å². The highest BCUT2D eigenvalue weighted by atomic mass is 15.4. The number of nitrogen functional groups attached to an aromatic ring is 1. The van der Waals surface area contributed by atoms with Gasteiger partial charge in [-0.1, -0.05) is 6.07 Å². The summed E-state index contributed by atoms with van der Waals surface area (Å²) >= 11 is 0. The van der Waals surface area contributed by atoms with Crippen LogP contribution in [-0.4, -0.2) is 34.0 Å². The van der Waals surface area contributed by atoms with E-state index in [0.29, 0.717) is 24.4 Å². The van der Waals surface area contributed by atoms with Crippen molar-refractivity contribution in [1.29, 1.82) is 0 Å². The van der Waals surface area contributed by atoms with Gasteiger partial charge in [0.15, 0.2) is 0 Å². The van der Waals surface area contributed by atoms with Gasteiger partial charge < -0.3 is 10.2 Å². The molecule has 0 aliphatic heterocycles. The van der Waals surface area contributed by atoms with E-state index in [1.54, 1.807) is 11.1 Å². The van der Waals surface area contributed by atoms with E-state index in [9.17, 15) is 0 Å². The molecule has 0 amide bonds. The lowest BCUT2D eigenvalue weighted by Gasteiger charge is -2.12. The highest BCUT2D eigenvalue weighted by molar-refractivity contribution is 5.42. The molecule has 0 atom stereocenters. The van der Waals surface area contributed by atoms with Crippen LogP contribution in [0.3, 0.4) is 0 Å². The smallest absolute Gasteiger partial charge is 0.243 e. The van der Waals surface area contributed by atoms with Crippen molar-refractivity contribution in [3.63, 3.8) is 0 Å². The van der Waals surface area contributed by atoms with Gasteiger partial charge in [0.1, 0.15) is 0 Å². The number of rotatable bonds is 5. The van der Waals surface area contributed by atoms with Crippen molar-refractivity contribution in [3.05, 3.63) is 30.1 Å². The lowest BCUT2D eigenvalue weighted by molar-refractivity contribution is 0.930. The third-order valence-electron chi connectivity index (χ3n) is 2.31. The molecule has 8 nitrogen and oxygen atoms in total. The summed E-state index contributed by atoms with van der Waals surface area (Å²) in [7, 11) is 3.69. The molecule has 0 aliphatic rings. The first-order valence-corrected chi connectivity index (χ1v) is 5.73. The average molecular weight is 260 g/mol.